The number of para-hydroxylation sites is 1. The van der Waals surface area contributed by atoms with Crippen molar-refractivity contribution in [3.8, 4) is 11.5 Å². The number of carbonyl (C=O) groups is 2. The smallest absolute Gasteiger partial charge is 0.253 e. The Bertz CT molecular complexity index is 948. The van der Waals surface area contributed by atoms with Gasteiger partial charge in [0.25, 0.3) is 11.8 Å². The molecule has 0 radical (unpaired) electrons. The van der Waals surface area contributed by atoms with E-state index in [0.717, 1.165) is 18.6 Å². The molecule has 1 aromatic heterocycles. The summed E-state index contributed by atoms with van der Waals surface area (Å²) in [7, 11) is 0. The van der Waals surface area contributed by atoms with Crippen LogP contribution in [0.5, 0.6) is 11.5 Å². The van der Waals surface area contributed by atoms with Crippen molar-refractivity contribution in [1.29, 1.82) is 0 Å². The molecule has 1 N–H and O–H groups in total. The van der Waals surface area contributed by atoms with Crippen LogP contribution in [0.2, 0.25) is 0 Å². The highest BCUT2D eigenvalue weighted by Gasteiger charge is 2.25. The van der Waals surface area contributed by atoms with E-state index in [1.165, 1.54) is 11.3 Å². The maximum Gasteiger partial charge on any atom is 0.253 e. The quantitative estimate of drug-likeness (QED) is 0.675. The number of amides is 2. The van der Waals surface area contributed by atoms with E-state index in [4.69, 9.17) is 4.74 Å². The fourth-order valence-electron chi connectivity index (χ4n) is 3.36. The summed E-state index contributed by atoms with van der Waals surface area (Å²) in [4.78, 5) is 26.8. The molecule has 148 valence electrons. The van der Waals surface area contributed by atoms with E-state index >= 15 is 0 Å². The van der Waals surface area contributed by atoms with Crippen molar-refractivity contribution in [1.82, 2.24) is 10.2 Å². The molecule has 2 amide bonds. The van der Waals surface area contributed by atoms with Gasteiger partial charge in [0.1, 0.15) is 11.5 Å². The molecular formula is C23H22N2O3S. The number of thiophene rings is 1. The Labute approximate surface area is 173 Å². The van der Waals surface area contributed by atoms with Crippen LogP contribution in [0.1, 0.15) is 33.6 Å². The molecule has 0 aliphatic carbocycles. The second-order valence-corrected chi connectivity index (χ2v) is 7.77. The molecule has 4 rings (SSSR count). The lowest BCUT2D eigenvalue weighted by atomic mass is 10.0. The molecule has 1 aliphatic heterocycles. The number of rotatable bonds is 5. The largest absolute Gasteiger partial charge is 0.457 e. The normalized spacial score (nSPS) is 14.4. The fraction of sp³-hybridized carbons (Fsp3) is 0.217. The van der Waals surface area contributed by atoms with Gasteiger partial charge in [-0.2, -0.15) is 11.3 Å². The third-order valence-corrected chi connectivity index (χ3v) is 5.66. The molecule has 6 heteroatoms. The van der Waals surface area contributed by atoms with Crippen molar-refractivity contribution in [3.63, 3.8) is 0 Å². The zero-order valence-electron chi connectivity index (χ0n) is 15.9. The van der Waals surface area contributed by atoms with Gasteiger partial charge >= 0.3 is 0 Å². The first kappa shape index (κ1) is 19.2. The molecule has 1 saturated heterocycles. The van der Waals surface area contributed by atoms with Crippen LogP contribution in [0.3, 0.4) is 0 Å². The average Bonchev–Trinajstić information content (AvgIpc) is 3.30. The van der Waals surface area contributed by atoms with Gasteiger partial charge in [0.05, 0.1) is 0 Å². The number of hydrogen-bond acceptors (Lipinski definition) is 4. The summed E-state index contributed by atoms with van der Waals surface area (Å²) >= 11 is 1.51. The Morgan fingerprint density at radius 3 is 2.24 bits per heavy atom. The number of carbonyl (C=O) groups excluding carboxylic acids is 2. The number of hydrogen-bond donors (Lipinski definition) is 1. The third-order valence-electron chi connectivity index (χ3n) is 4.98. The van der Waals surface area contributed by atoms with Crippen molar-refractivity contribution in [2.75, 3.05) is 13.1 Å². The summed E-state index contributed by atoms with van der Waals surface area (Å²) in [5.41, 5.74) is 1.34. The third kappa shape index (κ3) is 4.84. The van der Waals surface area contributed by atoms with Crippen LogP contribution in [0.25, 0.3) is 0 Å². The standard InChI is InChI=1S/C23H22N2O3S/c26-22(18-12-15-29-16-18)24-19-10-13-25(14-11-19)23(27)17-6-8-21(9-7-17)28-20-4-2-1-3-5-20/h1-9,12,15-16,19H,10-11,13-14H2,(H,24,26). The summed E-state index contributed by atoms with van der Waals surface area (Å²) in [6.45, 7) is 1.27. The Balaban J connectivity index is 1.29. The molecule has 3 aromatic rings. The summed E-state index contributed by atoms with van der Waals surface area (Å²) < 4.78 is 5.78. The topological polar surface area (TPSA) is 58.6 Å². The van der Waals surface area contributed by atoms with E-state index in [0.29, 0.717) is 30.0 Å². The minimum Gasteiger partial charge on any atom is -0.457 e. The minimum atomic E-state index is -0.0370. The van der Waals surface area contributed by atoms with E-state index in [1.54, 1.807) is 12.1 Å². The Hall–Kier alpha value is -3.12. The molecule has 0 saturated carbocycles. The summed E-state index contributed by atoms with van der Waals surface area (Å²) in [5.74, 6) is 1.43. The number of nitrogens with one attached hydrogen (secondary N) is 1. The predicted octanol–water partition coefficient (Wildman–Crippen LogP) is 4.58. The lowest BCUT2D eigenvalue weighted by molar-refractivity contribution is 0.0698. The first-order valence-corrected chi connectivity index (χ1v) is 10.6. The second kappa shape index (κ2) is 8.92. The van der Waals surface area contributed by atoms with Crippen molar-refractivity contribution in [3.05, 3.63) is 82.6 Å². The molecule has 0 atom stereocenters. The van der Waals surface area contributed by atoms with E-state index in [1.807, 2.05) is 64.2 Å². The fourth-order valence-corrected chi connectivity index (χ4v) is 4.00. The predicted molar refractivity (Wildman–Crippen MR) is 114 cm³/mol. The van der Waals surface area contributed by atoms with Crippen molar-refractivity contribution in [2.24, 2.45) is 0 Å². The van der Waals surface area contributed by atoms with E-state index < -0.39 is 0 Å². The molecule has 0 spiro atoms. The van der Waals surface area contributed by atoms with Crippen LogP contribution in [-0.2, 0) is 0 Å². The Morgan fingerprint density at radius 2 is 1.59 bits per heavy atom. The van der Waals surface area contributed by atoms with E-state index in [9.17, 15) is 9.59 Å². The van der Waals surface area contributed by atoms with Crippen molar-refractivity contribution in [2.45, 2.75) is 18.9 Å². The van der Waals surface area contributed by atoms with Crippen LogP contribution < -0.4 is 10.1 Å². The van der Waals surface area contributed by atoms with Crippen molar-refractivity contribution < 1.29 is 14.3 Å². The Morgan fingerprint density at radius 1 is 0.897 bits per heavy atom. The maximum atomic E-state index is 12.8. The van der Waals surface area contributed by atoms with Gasteiger partial charge < -0.3 is 15.0 Å². The molecule has 29 heavy (non-hydrogen) atoms. The van der Waals surface area contributed by atoms with Gasteiger partial charge in [-0.3, -0.25) is 9.59 Å². The molecule has 1 fully saturated rings. The lowest BCUT2D eigenvalue weighted by Crippen LogP contribution is -2.46. The SMILES string of the molecule is O=C(NC1CCN(C(=O)c2ccc(Oc3ccccc3)cc2)CC1)c1ccsc1. The number of nitrogens with zero attached hydrogens (tertiary/aromatic N) is 1. The molecule has 1 aliphatic rings. The van der Waals surface area contributed by atoms with Crippen LogP contribution in [0.15, 0.2) is 71.4 Å². The maximum absolute atomic E-state index is 12.8. The lowest BCUT2D eigenvalue weighted by Gasteiger charge is -2.32. The monoisotopic (exact) mass is 406 g/mol. The molecular weight excluding hydrogens is 384 g/mol. The van der Waals surface area contributed by atoms with Crippen LogP contribution in [-0.4, -0.2) is 35.8 Å². The first-order valence-electron chi connectivity index (χ1n) is 9.64. The van der Waals surface area contributed by atoms with Crippen LogP contribution >= 0.6 is 11.3 Å². The Kier molecular flexibility index (Phi) is 5.91. The average molecular weight is 407 g/mol. The van der Waals surface area contributed by atoms with Gasteiger partial charge in [0.15, 0.2) is 0 Å². The van der Waals surface area contributed by atoms with E-state index in [2.05, 4.69) is 5.32 Å². The van der Waals surface area contributed by atoms with Crippen LogP contribution in [0, 0.1) is 0 Å². The van der Waals surface area contributed by atoms with Gasteiger partial charge in [0, 0.05) is 35.6 Å². The summed E-state index contributed by atoms with van der Waals surface area (Å²) in [6, 6.07) is 18.7. The highest BCUT2D eigenvalue weighted by molar-refractivity contribution is 7.08. The molecule has 5 nitrogen and oxygen atoms in total. The van der Waals surface area contributed by atoms with Crippen molar-refractivity contribution >= 4 is 23.2 Å². The summed E-state index contributed by atoms with van der Waals surface area (Å²) in [6.07, 6.45) is 1.52. The second-order valence-electron chi connectivity index (χ2n) is 6.99. The molecule has 0 bridgehead atoms. The zero-order valence-corrected chi connectivity index (χ0v) is 16.7. The van der Waals surface area contributed by atoms with Gasteiger partial charge in [0.2, 0.25) is 0 Å². The summed E-state index contributed by atoms with van der Waals surface area (Å²) in [5, 5.41) is 6.81. The number of benzene rings is 2. The molecule has 2 heterocycles. The number of piperidine rings is 1. The van der Waals surface area contributed by atoms with Crippen LogP contribution in [0.4, 0.5) is 0 Å². The van der Waals surface area contributed by atoms with E-state index in [-0.39, 0.29) is 17.9 Å². The first-order chi connectivity index (χ1) is 14.2. The van der Waals surface area contributed by atoms with Gasteiger partial charge in [-0.1, -0.05) is 18.2 Å². The minimum absolute atomic E-state index is 0.0128. The zero-order chi connectivity index (χ0) is 20.1. The molecule has 2 aromatic carbocycles. The highest BCUT2D eigenvalue weighted by Crippen LogP contribution is 2.22. The number of ether oxygens (including phenoxy) is 1. The van der Waals surface area contributed by atoms with Gasteiger partial charge in [-0.15, -0.1) is 0 Å². The van der Waals surface area contributed by atoms with Gasteiger partial charge in [-0.05, 0) is 60.7 Å². The highest BCUT2D eigenvalue weighted by atomic mass is 32.1. The number of likely N-dealkylation sites (tertiary alicyclic amines) is 1. The molecule has 0 unspecified atom stereocenters. The van der Waals surface area contributed by atoms with Gasteiger partial charge in [-0.25, -0.2) is 0 Å².